The molecule has 2 amide bonds. The van der Waals surface area contributed by atoms with E-state index in [-0.39, 0.29) is 48.6 Å². The average Bonchev–Trinajstić information content (AvgIpc) is 3.83. The molecule has 2 saturated carbocycles. The smallest absolute Gasteiger partial charge is 0.396 e. The minimum Gasteiger partial charge on any atom is -0.424 e. The van der Waals surface area contributed by atoms with Gasteiger partial charge in [0.05, 0.1) is 12.5 Å². The van der Waals surface area contributed by atoms with E-state index in [1.165, 1.54) is 10.6 Å². The molecule has 1 aromatic heterocycles. The molecule has 2 fully saturated rings. The molecule has 0 radical (unpaired) electrons. The molecule has 0 bridgehead atoms. The van der Waals surface area contributed by atoms with Gasteiger partial charge in [0.25, 0.3) is 5.71 Å². The summed E-state index contributed by atoms with van der Waals surface area (Å²) < 4.78 is 36.1. The Morgan fingerprint density at radius 1 is 1.03 bits per heavy atom. The summed E-state index contributed by atoms with van der Waals surface area (Å²) in [6.45, 7) is -0.216. The van der Waals surface area contributed by atoms with E-state index in [0.29, 0.717) is 17.0 Å². The second kappa shape index (κ2) is 9.61. The number of hydrogen-bond acceptors (Lipinski definition) is 5. The maximum Gasteiger partial charge on any atom is 0.396 e. The van der Waals surface area contributed by atoms with Gasteiger partial charge in [-0.05, 0) is 54.4 Å². The van der Waals surface area contributed by atoms with Crippen molar-refractivity contribution in [2.24, 2.45) is 0 Å². The summed E-state index contributed by atoms with van der Waals surface area (Å²) in [6, 6.07) is 13.6. The Balaban J connectivity index is 1.26. The van der Waals surface area contributed by atoms with Crippen molar-refractivity contribution in [2.75, 3.05) is 6.54 Å². The van der Waals surface area contributed by atoms with Crippen LogP contribution in [0.3, 0.4) is 0 Å². The number of hydrogen-bond donors (Lipinski definition) is 1. The number of carbonyl (C=O) groups excluding carboxylic acids is 2. The van der Waals surface area contributed by atoms with E-state index in [1.54, 1.807) is 6.07 Å². The van der Waals surface area contributed by atoms with Crippen molar-refractivity contribution in [1.29, 1.82) is 0 Å². The number of rotatable bonds is 8. The van der Waals surface area contributed by atoms with Crippen molar-refractivity contribution in [1.82, 2.24) is 15.5 Å². The maximum atomic E-state index is 14.9. The van der Waals surface area contributed by atoms with E-state index in [4.69, 9.17) is 4.42 Å². The van der Waals surface area contributed by atoms with Crippen LogP contribution < -0.4 is 5.32 Å². The molecule has 1 N–H and O–H groups in total. The molecule has 2 aromatic carbocycles. The van der Waals surface area contributed by atoms with Crippen LogP contribution in [-0.2, 0) is 16.0 Å². The van der Waals surface area contributed by atoms with Gasteiger partial charge < -0.3 is 9.73 Å². The lowest BCUT2D eigenvalue weighted by atomic mass is 9.96. The summed E-state index contributed by atoms with van der Waals surface area (Å²) in [5.41, 5.74) is 2.06. The van der Waals surface area contributed by atoms with Crippen LogP contribution in [0.25, 0.3) is 0 Å². The van der Waals surface area contributed by atoms with Crippen molar-refractivity contribution in [3.63, 3.8) is 0 Å². The lowest BCUT2D eigenvalue weighted by Gasteiger charge is -2.20. The SMILES string of the molecule is O=C(N[C@@H](c1ccccc1)c1ccc(C2CC2)c(F)c1)C1=[N+](C(=O)Cc2nnc(C3CC3)o2)C[C@H](F)C1. The van der Waals surface area contributed by atoms with Crippen molar-refractivity contribution in [3.8, 4) is 0 Å². The van der Waals surface area contributed by atoms with Gasteiger partial charge in [0.1, 0.15) is 5.82 Å². The maximum absolute atomic E-state index is 14.9. The van der Waals surface area contributed by atoms with E-state index in [1.807, 2.05) is 36.4 Å². The van der Waals surface area contributed by atoms with Crippen LogP contribution in [0, 0.1) is 5.82 Å². The predicted molar refractivity (Wildman–Crippen MR) is 129 cm³/mol. The topological polar surface area (TPSA) is 88.1 Å². The quantitative estimate of drug-likeness (QED) is 0.465. The molecule has 190 valence electrons. The van der Waals surface area contributed by atoms with E-state index in [0.717, 1.165) is 31.2 Å². The Hall–Kier alpha value is -3.75. The number of alkyl halides is 1. The van der Waals surface area contributed by atoms with Crippen LogP contribution in [0.4, 0.5) is 8.78 Å². The molecule has 3 aromatic rings. The Labute approximate surface area is 212 Å². The number of benzene rings is 2. The van der Waals surface area contributed by atoms with Gasteiger partial charge in [0, 0.05) is 5.92 Å². The zero-order chi connectivity index (χ0) is 25.5. The molecular weight excluding hydrogens is 478 g/mol. The molecule has 2 aliphatic carbocycles. The first-order valence-corrected chi connectivity index (χ1v) is 12.7. The molecule has 2 heterocycles. The molecule has 9 heteroatoms. The highest BCUT2D eigenvalue weighted by Crippen LogP contribution is 2.42. The van der Waals surface area contributed by atoms with Gasteiger partial charge in [-0.15, -0.1) is 10.2 Å². The number of aromatic nitrogens is 2. The van der Waals surface area contributed by atoms with Gasteiger partial charge in [0.2, 0.25) is 11.8 Å². The Kier molecular flexibility index (Phi) is 6.14. The van der Waals surface area contributed by atoms with E-state index in [2.05, 4.69) is 15.5 Å². The zero-order valence-corrected chi connectivity index (χ0v) is 20.2. The molecule has 1 aliphatic heterocycles. The van der Waals surface area contributed by atoms with Gasteiger partial charge in [-0.25, -0.2) is 13.6 Å². The van der Waals surface area contributed by atoms with Crippen LogP contribution in [0.2, 0.25) is 0 Å². The Bertz CT molecular complexity index is 1380. The average molecular weight is 506 g/mol. The lowest BCUT2D eigenvalue weighted by Crippen LogP contribution is -2.39. The van der Waals surface area contributed by atoms with Crippen molar-refractivity contribution in [3.05, 3.63) is 82.8 Å². The van der Waals surface area contributed by atoms with Crippen LogP contribution in [0.1, 0.15) is 78.5 Å². The first kappa shape index (κ1) is 23.6. The van der Waals surface area contributed by atoms with Gasteiger partial charge in [0.15, 0.2) is 19.1 Å². The van der Waals surface area contributed by atoms with Crippen LogP contribution in [0.15, 0.2) is 52.9 Å². The van der Waals surface area contributed by atoms with Gasteiger partial charge in [-0.2, -0.15) is 4.58 Å². The van der Waals surface area contributed by atoms with E-state index in [9.17, 15) is 18.4 Å². The molecule has 0 spiro atoms. The molecule has 7 nitrogen and oxygen atoms in total. The standard InChI is InChI=1S/C28H26F2N4O3/c29-20-13-23(34(15-20)25(35)14-24-32-33-28(37-24)18-8-9-18)27(36)31-26(17-4-2-1-3-5-17)19-10-11-21(16-6-7-16)22(30)12-19/h1-5,10-12,16,18,20,26H,6-9,13-15H2/p+1/t20-,26+/m1/s1. The molecule has 37 heavy (non-hydrogen) atoms. The number of carbonyl (C=O) groups is 2. The summed E-state index contributed by atoms with van der Waals surface area (Å²) in [5.74, 6) is -0.167. The minimum absolute atomic E-state index is 0.0374. The number of nitrogens with zero attached hydrogens (tertiary/aromatic N) is 3. The van der Waals surface area contributed by atoms with Gasteiger partial charge >= 0.3 is 11.8 Å². The second-order valence-electron chi connectivity index (χ2n) is 10.1. The predicted octanol–water partition coefficient (Wildman–Crippen LogP) is 4.13. The number of nitrogens with one attached hydrogen (secondary N) is 1. The first-order chi connectivity index (χ1) is 18.0. The van der Waals surface area contributed by atoms with Gasteiger partial charge in [-0.3, -0.25) is 4.79 Å². The second-order valence-corrected chi connectivity index (χ2v) is 10.1. The fraction of sp³-hybridized carbons (Fsp3) is 0.393. The number of halogens is 2. The Morgan fingerprint density at radius 2 is 1.78 bits per heavy atom. The summed E-state index contributed by atoms with van der Waals surface area (Å²) in [7, 11) is 0. The molecule has 0 saturated heterocycles. The molecule has 2 atom stereocenters. The highest BCUT2D eigenvalue weighted by atomic mass is 19.1. The number of amides is 2. The third-order valence-corrected chi connectivity index (χ3v) is 7.18. The molecule has 6 rings (SSSR count). The third kappa shape index (κ3) is 5.08. The van der Waals surface area contributed by atoms with Crippen LogP contribution >= 0.6 is 0 Å². The third-order valence-electron chi connectivity index (χ3n) is 7.18. The zero-order valence-electron chi connectivity index (χ0n) is 20.2. The van der Waals surface area contributed by atoms with Crippen molar-refractivity contribution >= 4 is 17.5 Å². The summed E-state index contributed by atoms with van der Waals surface area (Å²) >= 11 is 0. The highest BCUT2D eigenvalue weighted by Gasteiger charge is 2.41. The first-order valence-electron chi connectivity index (χ1n) is 12.7. The van der Waals surface area contributed by atoms with Crippen LogP contribution in [0.5, 0.6) is 0 Å². The fourth-order valence-corrected chi connectivity index (χ4v) is 4.89. The van der Waals surface area contributed by atoms with E-state index >= 15 is 0 Å². The minimum atomic E-state index is -1.36. The highest BCUT2D eigenvalue weighted by molar-refractivity contribution is 6.38. The summed E-state index contributed by atoms with van der Waals surface area (Å²) in [5, 5.41) is 10.8. The summed E-state index contributed by atoms with van der Waals surface area (Å²) in [4.78, 5) is 26.5. The Morgan fingerprint density at radius 3 is 2.49 bits per heavy atom. The lowest BCUT2D eigenvalue weighted by molar-refractivity contribution is -0.445. The molecule has 0 unspecified atom stereocenters. The van der Waals surface area contributed by atoms with Crippen LogP contribution in [-0.4, -0.2) is 45.0 Å². The fourth-order valence-electron chi connectivity index (χ4n) is 4.89. The molecular formula is C28H27F2N4O3+. The monoisotopic (exact) mass is 505 g/mol. The largest absolute Gasteiger partial charge is 0.424 e. The van der Waals surface area contributed by atoms with Crippen molar-refractivity contribution < 1.29 is 27.4 Å². The summed E-state index contributed by atoms with van der Waals surface area (Å²) in [6.07, 6.45) is 2.17. The van der Waals surface area contributed by atoms with E-state index < -0.39 is 24.0 Å². The van der Waals surface area contributed by atoms with Crippen molar-refractivity contribution in [2.45, 2.75) is 62.6 Å². The molecule has 3 aliphatic rings. The normalized spacial score (nSPS) is 20.2. The van der Waals surface area contributed by atoms with Gasteiger partial charge in [-0.1, -0.05) is 42.5 Å².